The van der Waals surface area contributed by atoms with Gasteiger partial charge in [-0.3, -0.25) is 19.4 Å². The number of carbonyl (C=O) groups is 3. The van der Waals surface area contributed by atoms with Crippen LogP contribution in [-0.2, 0) is 27.3 Å². The summed E-state index contributed by atoms with van der Waals surface area (Å²) in [6, 6.07) is 10.1. The third-order valence-corrected chi connectivity index (χ3v) is 6.80. The molecule has 9 nitrogen and oxygen atoms in total. The molecule has 2 atom stereocenters. The van der Waals surface area contributed by atoms with Crippen molar-refractivity contribution in [2.24, 2.45) is 11.7 Å². The summed E-state index contributed by atoms with van der Waals surface area (Å²) in [6.45, 7) is 13.6. The molecule has 0 fully saturated rings. The first kappa shape index (κ1) is 33.0. The lowest BCUT2D eigenvalue weighted by Gasteiger charge is -2.38. The van der Waals surface area contributed by atoms with Gasteiger partial charge in [0, 0.05) is 37.7 Å². The van der Waals surface area contributed by atoms with E-state index in [9.17, 15) is 14.4 Å². The second-order valence-electron chi connectivity index (χ2n) is 11.4. The van der Waals surface area contributed by atoms with Gasteiger partial charge in [0.25, 0.3) is 0 Å². The Morgan fingerprint density at radius 2 is 1.85 bits per heavy atom. The molecule has 2 heterocycles. The van der Waals surface area contributed by atoms with Gasteiger partial charge < -0.3 is 26.2 Å². The van der Waals surface area contributed by atoms with Crippen LogP contribution in [0.2, 0.25) is 0 Å². The number of hydrogen-bond acceptors (Lipinski definition) is 6. The molecule has 1 aliphatic rings. The van der Waals surface area contributed by atoms with Crippen LogP contribution in [0.25, 0.3) is 0 Å². The third-order valence-electron chi connectivity index (χ3n) is 6.80. The summed E-state index contributed by atoms with van der Waals surface area (Å²) in [5, 5.41) is 5.81. The molecule has 1 aromatic carbocycles. The van der Waals surface area contributed by atoms with Crippen LogP contribution in [-0.4, -0.2) is 53.4 Å². The van der Waals surface area contributed by atoms with Crippen molar-refractivity contribution in [3.63, 3.8) is 0 Å². The van der Waals surface area contributed by atoms with Crippen LogP contribution in [0.15, 0.2) is 42.6 Å². The Hall–Kier alpha value is -3.17. The van der Waals surface area contributed by atoms with Gasteiger partial charge >= 0.3 is 0 Å². The molecule has 3 rings (SSSR count). The molecular weight excluding hydrogens is 528 g/mol. The Bertz CT molecular complexity index is 1150. The van der Waals surface area contributed by atoms with Crippen LogP contribution in [0, 0.1) is 5.92 Å². The maximum absolute atomic E-state index is 14.0. The molecule has 0 spiro atoms. The highest BCUT2D eigenvalue weighted by Gasteiger charge is 2.37. The van der Waals surface area contributed by atoms with Crippen LogP contribution in [0.3, 0.4) is 0 Å². The fourth-order valence-electron chi connectivity index (χ4n) is 5.04. The van der Waals surface area contributed by atoms with E-state index in [1.807, 2.05) is 50.2 Å². The summed E-state index contributed by atoms with van der Waals surface area (Å²) in [5.41, 5.74) is 8.91. The number of rotatable bonds is 12. The molecule has 3 amide bonds. The molecule has 4 N–H and O–H groups in total. The van der Waals surface area contributed by atoms with Crippen molar-refractivity contribution in [2.75, 3.05) is 22.9 Å². The highest BCUT2D eigenvalue weighted by atomic mass is 35.5. The van der Waals surface area contributed by atoms with Crippen molar-refractivity contribution in [1.82, 2.24) is 15.6 Å². The summed E-state index contributed by atoms with van der Waals surface area (Å²) in [6.07, 6.45) is 2.62. The summed E-state index contributed by atoms with van der Waals surface area (Å²) in [4.78, 5) is 48.5. The maximum Gasteiger partial charge on any atom is 0.250 e. The molecule has 1 unspecified atom stereocenters. The Balaban J connectivity index is 0.00000560. The summed E-state index contributed by atoms with van der Waals surface area (Å²) in [7, 11) is 0. The first-order valence-electron chi connectivity index (χ1n) is 13.9. The van der Waals surface area contributed by atoms with Crippen molar-refractivity contribution < 1.29 is 14.4 Å². The molecule has 1 aliphatic heterocycles. The number of anilines is 2. The number of pyridine rings is 1. The van der Waals surface area contributed by atoms with Gasteiger partial charge in [-0.15, -0.1) is 12.4 Å². The SMILES string of the molecule is CCN(CC)c1cccc2c1N(Cc1ccccn1)C(=O)C(NC(=O)[C@@H](CC(C)C)NC(=O)CC(C)(C)N)C2.Cl. The molecule has 0 saturated heterocycles. The van der Waals surface area contributed by atoms with Crippen LogP contribution in [0.5, 0.6) is 0 Å². The predicted molar refractivity (Wildman–Crippen MR) is 163 cm³/mol. The highest BCUT2D eigenvalue weighted by molar-refractivity contribution is 6.05. The first-order valence-corrected chi connectivity index (χ1v) is 13.9. The Morgan fingerprint density at radius 1 is 1.15 bits per heavy atom. The van der Waals surface area contributed by atoms with Crippen LogP contribution >= 0.6 is 12.4 Å². The van der Waals surface area contributed by atoms with E-state index in [-0.39, 0.29) is 49.0 Å². The van der Waals surface area contributed by atoms with E-state index in [1.54, 1.807) is 24.9 Å². The zero-order valence-corrected chi connectivity index (χ0v) is 25.4. The third kappa shape index (κ3) is 8.66. The summed E-state index contributed by atoms with van der Waals surface area (Å²) < 4.78 is 0. The van der Waals surface area contributed by atoms with Crippen LogP contribution in [0.4, 0.5) is 11.4 Å². The van der Waals surface area contributed by atoms with Crippen LogP contribution < -0.4 is 26.2 Å². The van der Waals surface area contributed by atoms with Crippen LogP contribution in [0.1, 0.15) is 65.6 Å². The first-order chi connectivity index (χ1) is 18.4. The Morgan fingerprint density at radius 3 is 2.42 bits per heavy atom. The van der Waals surface area contributed by atoms with E-state index < -0.39 is 17.6 Å². The molecule has 220 valence electrons. The minimum Gasteiger partial charge on any atom is -0.370 e. The van der Waals surface area contributed by atoms with Gasteiger partial charge in [0.15, 0.2) is 0 Å². The Kier molecular flexibility index (Phi) is 11.9. The zero-order valence-electron chi connectivity index (χ0n) is 24.6. The topological polar surface area (TPSA) is 121 Å². The number of halogens is 1. The lowest BCUT2D eigenvalue weighted by atomic mass is 9.94. The zero-order chi connectivity index (χ0) is 28.7. The molecule has 0 saturated carbocycles. The van der Waals surface area contributed by atoms with E-state index in [0.717, 1.165) is 35.7 Å². The standard InChI is InChI=1S/C30H44N6O3.ClH/c1-7-35(8-2)25-14-11-12-21-17-24(29(39)36(27(21)25)19-22-13-9-10-15-32-22)34-28(38)23(16-20(3)4)33-26(37)18-30(5,6)31;/h9-15,20,23-24H,7-8,16-19,31H2,1-6H3,(H,33,37)(H,34,38);1H/t23-,24?;/m1./s1. The number of amides is 3. The maximum atomic E-state index is 14.0. The molecule has 0 aliphatic carbocycles. The number of para-hydroxylation sites is 1. The van der Waals surface area contributed by atoms with E-state index >= 15 is 0 Å². The number of fused-ring (bicyclic) bond motifs is 1. The van der Waals surface area contributed by atoms with Gasteiger partial charge in [0.2, 0.25) is 17.7 Å². The fourth-order valence-corrected chi connectivity index (χ4v) is 5.04. The number of nitrogens with one attached hydrogen (secondary N) is 2. The molecule has 2 aromatic rings. The van der Waals surface area contributed by atoms with Crippen molar-refractivity contribution in [3.8, 4) is 0 Å². The van der Waals surface area contributed by atoms with Gasteiger partial charge in [0.05, 0.1) is 23.6 Å². The number of hydrogen-bond donors (Lipinski definition) is 3. The molecule has 10 heteroatoms. The highest BCUT2D eigenvalue weighted by Crippen LogP contribution is 2.38. The number of aromatic nitrogens is 1. The van der Waals surface area contributed by atoms with E-state index in [4.69, 9.17) is 5.73 Å². The monoisotopic (exact) mass is 572 g/mol. The molecule has 0 bridgehead atoms. The van der Waals surface area contributed by atoms with Crippen molar-refractivity contribution >= 4 is 41.5 Å². The smallest absolute Gasteiger partial charge is 0.250 e. The van der Waals surface area contributed by atoms with Crippen molar-refractivity contribution in [3.05, 3.63) is 53.9 Å². The normalized spacial score (nSPS) is 15.7. The minimum atomic E-state index is -0.766. The molecule has 1 aromatic heterocycles. The lowest BCUT2D eigenvalue weighted by Crippen LogP contribution is -2.57. The van der Waals surface area contributed by atoms with Gasteiger partial charge in [-0.1, -0.05) is 32.0 Å². The van der Waals surface area contributed by atoms with Gasteiger partial charge in [-0.25, -0.2) is 0 Å². The minimum absolute atomic E-state index is 0. The fraction of sp³-hybridized carbons (Fsp3) is 0.533. The quantitative estimate of drug-likeness (QED) is 0.357. The predicted octanol–water partition coefficient (Wildman–Crippen LogP) is 3.58. The average Bonchev–Trinajstić information content (AvgIpc) is 2.86. The van der Waals surface area contributed by atoms with Gasteiger partial charge in [0.1, 0.15) is 12.1 Å². The number of carbonyl (C=O) groups excluding carboxylic acids is 3. The molecule has 40 heavy (non-hydrogen) atoms. The van der Waals surface area contributed by atoms with E-state index in [1.165, 1.54) is 0 Å². The summed E-state index contributed by atoms with van der Waals surface area (Å²) in [5.74, 6) is -0.693. The van der Waals surface area contributed by atoms with Crippen molar-refractivity contribution in [1.29, 1.82) is 0 Å². The lowest BCUT2D eigenvalue weighted by molar-refractivity contribution is -0.132. The number of nitrogens with two attached hydrogens (primary N) is 1. The molecule has 0 radical (unpaired) electrons. The van der Waals surface area contributed by atoms with E-state index in [0.29, 0.717) is 12.8 Å². The van der Waals surface area contributed by atoms with E-state index in [2.05, 4.69) is 34.4 Å². The largest absolute Gasteiger partial charge is 0.370 e. The number of nitrogens with zero attached hydrogens (tertiary/aromatic N) is 3. The van der Waals surface area contributed by atoms with Gasteiger partial charge in [-0.05, 0) is 63.8 Å². The Labute approximate surface area is 244 Å². The van der Waals surface area contributed by atoms with Crippen molar-refractivity contribution in [2.45, 2.75) is 85.0 Å². The number of benzene rings is 1. The van der Waals surface area contributed by atoms with Gasteiger partial charge in [-0.2, -0.15) is 0 Å². The summed E-state index contributed by atoms with van der Waals surface area (Å²) >= 11 is 0. The second-order valence-corrected chi connectivity index (χ2v) is 11.4. The second kappa shape index (κ2) is 14.5. The molecular formula is C30H45ClN6O3. The average molecular weight is 573 g/mol.